The molecule has 0 fully saturated rings. The molecule has 0 aromatic heterocycles. The van der Waals surface area contributed by atoms with Crippen molar-refractivity contribution in [3.8, 4) is 0 Å². The highest BCUT2D eigenvalue weighted by Gasteiger charge is 2.17. The fraction of sp³-hybridized carbons (Fsp3) is 0.824. The third-order valence-electron chi connectivity index (χ3n) is 3.15. The van der Waals surface area contributed by atoms with Crippen LogP contribution in [0.1, 0.15) is 27.2 Å². The van der Waals surface area contributed by atoms with Crippen LogP contribution in [-0.2, 0) is 28.6 Å². The SMILES string of the molecule is CNC(=O)CNC(=O)CCOCCOCCNC(=O)[C@@H](N)COC(C)(C)C. The molecular formula is C17H34N4O6. The molecule has 0 rings (SSSR count). The van der Waals surface area contributed by atoms with Gasteiger partial charge in [-0.1, -0.05) is 0 Å². The van der Waals surface area contributed by atoms with Crippen molar-refractivity contribution in [3.05, 3.63) is 0 Å². The van der Waals surface area contributed by atoms with Crippen molar-refractivity contribution in [1.29, 1.82) is 0 Å². The van der Waals surface area contributed by atoms with Crippen LogP contribution < -0.4 is 21.7 Å². The maximum Gasteiger partial charge on any atom is 0.239 e. The third kappa shape index (κ3) is 16.2. The van der Waals surface area contributed by atoms with Crippen LogP contribution in [0.3, 0.4) is 0 Å². The summed E-state index contributed by atoms with van der Waals surface area (Å²) in [4.78, 5) is 34.1. The highest BCUT2D eigenvalue weighted by Crippen LogP contribution is 2.06. The Morgan fingerprint density at radius 2 is 1.59 bits per heavy atom. The van der Waals surface area contributed by atoms with Crippen LogP contribution in [0.4, 0.5) is 0 Å². The monoisotopic (exact) mass is 390 g/mol. The summed E-state index contributed by atoms with van der Waals surface area (Å²) in [5.74, 6) is -0.802. The molecule has 3 amide bonds. The molecule has 0 aliphatic heterocycles. The van der Waals surface area contributed by atoms with E-state index < -0.39 is 6.04 Å². The maximum atomic E-state index is 11.8. The highest BCUT2D eigenvalue weighted by molar-refractivity contribution is 5.84. The van der Waals surface area contributed by atoms with Crippen molar-refractivity contribution < 1.29 is 28.6 Å². The van der Waals surface area contributed by atoms with Crippen molar-refractivity contribution in [2.24, 2.45) is 5.73 Å². The molecule has 0 aromatic rings. The number of hydrogen-bond donors (Lipinski definition) is 4. The number of amides is 3. The molecule has 0 saturated carbocycles. The molecule has 1 atom stereocenters. The number of nitrogens with one attached hydrogen (secondary N) is 3. The zero-order valence-corrected chi connectivity index (χ0v) is 16.8. The fourth-order valence-corrected chi connectivity index (χ4v) is 1.64. The predicted molar refractivity (Wildman–Crippen MR) is 100 cm³/mol. The molecule has 27 heavy (non-hydrogen) atoms. The second-order valence-corrected chi connectivity index (χ2v) is 6.75. The zero-order chi connectivity index (χ0) is 20.7. The Balaban J connectivity index is 3.50. The van der Waals surface area contributed by atoms with Crippen LogP contribution in [0, 0.1) is 0 Å². The van der Waals surface area contributed by atoms with Gasteiger partial charge in [-0.3, -0.25) is 14.4 Å². The summed E-state index contributed by atoms with van der Waals surface area (Å²) in [7, 11) is 1.50. The maximum absolute atomic E-state index is 11.8. The number of hydrogen-bond acceptors (Lipinski definition) is 7. The van der Waals surface area contributed by atoms with Gasteiger partial charge in [0, 0.05) is 20.0 Å². The largest absolute Gasteiger partial charge is 0.379 e. The standard InChI is InChI=1S/C17H34N4O6/c1-17(2,3)27-12-13(18)16(24)20-6-8-26-10-9-25-7-5-14(22)21-11-15(23)19-4/h13H,5-12,18H2,1-4H3,(H,19,23)(H,20,24)(H,21,22)/t13-/m0/s1. The van der Waals surface area contributed by atoms with Gasteiger partial charge >= 0.3 is 0 Å². The predicted octanol–water partition coefficient (Wildman–Crippen LogP) is -1.47. The molecule has 0 saturated heterocycles. The number of ether oxygens (including phenoxy) is 3. The van der Waals surface area contributed by atoms with E-state index in [4.69, 9.17) is 19.9 Å². The third-order valence-corrected chi connectivity index (χ3v) is 3.15. The molecule has 5 N–H and O–H groups in total. The molecule has 10 nitrogen and oxygen atoms in total. The first-order chi connectivity index (χ1) is 12.7. The van der Waals surface area contributed by atoms with Crippen LogP contribution >= 0.6 is 0 Å². The van der Waals surface area contributed by atoms with Crippen molar-refractivity contribution >= 4 is 17.7 Å². The normalized spacial score (nSPS) is 12.3. The minimum atomic E-state index is -0.720. The first kappa shape index (κ1) is 25.2. The van der Waals surface area contributed by atoms with Crippen molar-refractivity contribution in [3.63, 3.8) is 0 Å². The lowest BCUT2D eigenvalue weighted by atomic mass is 10.2. The number of likely N-dealkylation sites (N-methyl/N-ethyl adjacent to an activating group) is 1. The van der Waals surface area contributed by atoms with E-state index in [2.05, 4.69) is 16.0 Å². The summed E-state index contributed by atoms with van der Waals surface area (Å²) >= 11 is 0. The molecule has 0 aromatic carbocycles. The minimum absolute atomic E-state index is 0.0455. The van der Waals surface area contributed by atoms with E-state index in [0.29, 0.717) is 26.4 Å². The molecule has 0 spiro atoms. The van der Waals surface area contributed by atoms with Crippen molar-refractivity contribution in [2.75, 3.05) is 53.2 Å². The van der Waals surface area contributed by atoms with E-state index in [1.165, 1.54) is 7.05 Å². The Labute approximate surface area is 160 Å². The Morgan fingerprint density at radius 3 is 2.19 bits per heavy atom. The van der Waals surface area contributed by atoms with E-state index in [9.17, 15) is 14.4 Å². The summed E-state index contributed by atoms with van der Waals surface area (Å²) < 4.78 is 16.0. The molecule has 0 aliphatic rings. The van der Waals surface area contributed by atoms with Crippen molar-refractivity contribution in [1.82, 2.24) is 16.0 Å². The van der Waals surface area contributed by atoms with E-state index in [-0.39, 0.29) is 49.5 Å². The van der Waals surface area contributed by atoms with Gasteiger partial charge in [0.1, 0.15) is 6.04 Å². The molecular weight excluding hydrogens is 356 g/mol. The Bertz CT molecular complexity index is 453. The molecule has 158 valence electrons. The van der Waals surface area contributed by atoms with E-state index in [1.807, 2.05) is 20.8 Å². The van der Waals surface area contributed by atoms with Gasteiger partial charge in [0.05, 0.1) is 45.2 Å². The second kappa shape index (κ2) is 14.3. The minimum Gasteiger partial charge on any atom is -0.379 e. The molecule has 0 heterocycles. The van der Waals surface area contributed by atoms with Crippen LogP contribution in [0.25, 0.3) is 0 Å². The summed E-state index contributed by atoms with van der Waals surface area (Å²) in [5.41, 5.74) is 5.40. The molecule has 10 heteroatoms. The summed E-state index contributed by atoms with van der Waals surface area (Å²) in [5, 5.41) is 7.54. The Kier molecular flexibility index (Phi) is 13.4. The van der Waals surface area contributed by atoms with Gasteiger partial charge in [0.25, 0.3) is 0 Å². The first-order valence-corrected chi connectivity index (χ1v) is 8.95. The summed E-state index contributed by atoms with van der Waals surface area (Å²) in [6, 6.07) is -0.720. The zero-order valence-electron chi connectivity index (χ0n) is 16.8. The summed E-state index contributed by atoms with van der Waals surface area (Å²) in [6.07, 6.45) is 0.168. The van der Waals surface area contributed by atoms with Gasteiger partial charge in [-0.2, -0.15) is 0 Å². The average molecular weight is 390 g/mol. The van der Waals surface area contributed by atoms with E-state index >= 15 is 0 Å². The lowest BCUT2D eigenvalue weighted by Gasteiger charge is -2.22. The van der Waals surface area contributed by atoms with Gasteiger partial charge in [0.2, 0.25) is 17.7 Å². The van der Waals surface area contributed by atoms with Gasteiger partial charge in [0.15, 0.2) is 0 Å². The smallest absolute Gasteiger partial charge is 0.239 e. The van der Waals surface area contributed by atoms with Crippen LogP contribution in [0.15, 0.2) is 0 Å². The van der Waals surface area contributed by atoms with Gasteiger partial charge < -0.3 is 35.9 Å². The van der Waals surface area contributed by atoms with Gasteiger partial charge in [-0.25, -0.2) is 0 Å². The average Bonchev–Trinajstić information content (AvgIpc) is 2.61. The van der Waals surface area contributed by atoms with Crippen molar-refractivity contribution in [2.45, 2.75) is 38.8 Å². The molecule has 0 unspecified atom stereocenters. The molecule has 0 bridgehead atoms. The highest BCUT2D eigenvalue weighted by atomic mass is 16.5. The Morgan fingerprint density at radius 1 is 0.963 bits per heavy atom. The fourth-order valence-electron chi connectivity index (χ4n) is 1.64. The second-order valence-electron chi connectivity index (χ2n) is 6.75. The number of rotatable bonds is 14. The number of carbonyl (C=O) groups excluding carboxylic acids is 3. The van der Waals surface area contributed by atoms with Crippen LogP contribution in [-0.4, -0.2) is 82.5 Å². The van der Waals surface area contributed by atoms with Crippen LogP contribution in [0.2, 0.25) is 0 Å². The number of carbonyl (C=O) groups is 3. The Hall–Kier alpha value is -1.75. The van der Waals surface area contributed by atoms with Gasteiger partial charge in [-0.05, 0) is 20.8 Å². The number of nitrogens with two attached hydrogens (primary N) is 1. The molecule has 0 radical (unpaired) electrons. The van der Waals surface area contributed by atoms with E-state index in [1.54, 1.807) is 0 Å². The lowest BCUT2D eigenvalue weighted by Crippen LogP contribution is -2.45. The van der Waals surface area contributed by atoms with Crippen LogP contribution in [0.5, 0.6) is 0 Å². The topological polar surface area (TPSA) is 141 Å². The van der Waals surface area contributed by atoms with E-state index in [0.717, 1.165) is 0 Å². The summed E-state index contributed by atoms with van der Waals surface area (Å²) in [6.45, 7) is 7.36. The van der Waals surface area contributed by atoms with Gasteiger partial charge in [-0.15, -0.1) is 0 Å². The quantitative estimate of drug-likeness (QED) is 0.265. The molecule has 0 aliphatic carbocycles. The lowest BCUT2D eigenvalue weighted by molar-refractivity contribution is -0.126. The first-order valence-electron chi connectivity index (χ1n) is 8.95.